The molecule has 0 spiro atoms. The van der Waals surface area contributed by atoms with E-state index in [1.54, 1.807) is 42.7 Å². The summed E-state index contributed by atoms with van der Waals surface area (Å²) in [6.07, 6.45) is 5.07. The van der Waals surface area contributed by atoms with Crippen LogP contribution in [0.5, 0.6) is 5.75 Å². The maximum absolute atomic E-state index is 12.7. The number of carbonyl (C=O) groups excluding carboxylic acids is 1. The van der Waals surface area contributed by atoms with Gasteiger partial charge in [0, 0.05) is 31.4 Å². The van der Waals surface area contributed by atoms with Gasteiger partial charge in [0.05, 0.1) is 23.5 Å². The molecular weight excluding hydrogens is 392 g/mol. The van der Waals surface area contributed by atoms with Crippen molar-refractivity contribution in [2.45, 2.75) is 18.6 Å². The van der Waals surface area contributed by atoms with Crippen molar-refractivity contribution in [2.24, 2.45) is 16.0 Å². The lowest BCUT2D eigenvalue weighted by atomic mass is 9.98. The molecule has 2 aliphatic rings. The average molecular weight is 414 g/mol. The highest BCUT2D eigenvalue weighted by molar-refractivity contribution is 7.89. The Labute approximate surface area is 169 Å². The van der Waals surface area contributed by atoms with E-state index in [9.17, 15) is 13.2 Å². The van der Waals surface area contributed by atoms with Crippen LogP contribution in [0.2, 0.25) is 0 Å². The van der Waals surface area contributed by atoms with Gasteiger partial charge in [0.25, 0.3) is 15.9 Å². The molecular formula is C20H22N4O4S. The molecule has 1 saturated heterocycles. The summed E-state index contributed by atoms with van der Waals surface area (Å²) in [6, 6.07) is 8.75. The SMILES string of the molecule is NC1=NS(=O)(=O)Cc2cccc(OC[C@H]3CCCN(C(=O)c4cccnc4)C3)c21. The third-order valence-corrected chi connectivity index (χ3v) is 6.28. The highest BCUT2D eigenvalue weighted by Crippen LogP contribution is 2.29. The zero-order valence-electron chi connectivity index (χ0n) is 15.8. The van der Waals surface area contributed by atoms with Gasteiger partial charge in [0.2, 0.25) is 0 Å². The van der Waals surface area contributed by atoms with Gasteiger partial charge in [-0.25, -0.2) is 8.42 Å². The monoisotopic (exact) mass is 414 g/mol. The standard InChI is InChI=1S/C20H22N4O4S/c21-19-18-16(13-29(26,27)23-19)5-1-7-17(18)28-12-14-4-3-9-24(11-14)20(25)15-6-2-8-22-10-15/h1-2,5-8,10,14H,3-4,9,11-13H2,(H2,21,23)/t14-/m0/s1. The molecule has 152 valence electrons. The lowest BCUT2D eigenvalue weighted by Crippen LogP contribution is -2.41. The molecule has 0 aliphatic carbocycles. The van der Waals surface area contributed by atoms with E-state index in [1.807, 2.05) is 4.90 Å². The number of hydrogen-bond acceptors (Lipinski definition) is 6. The largest absolute Gasteiger partial charge is 0.492 e. The summed E-state index contributed by atoms with van der Waals surface area (Å²) in [4.78, 5) is 18.5. The number of pyridine rings is 1. The number of aromatic nitrogens is 1. The summed E-state index contributed by atoms with van der Waals surface area (Å²) in [5.74, 6) is 0.442. The van der Waals surface area contributed by atoms with Crippen molar-refractivity contribution in [2.75, 3.05) is 19.7 Å². The van der Waals surface area contributed by atoms with Gasteiger partial charge in [-0.2, -0.15) is 0 Å². The lowest BCUT2D eigenvalue weighted by Gasteiger charge is -2.33. The van der Waals surface area contributed by atoms with Crippen molar-refractivity contribution in [1.29, 1.82) is 0 Å². The van der Waals surface area contributed by atoms with Crippen LogP contribution in [0.4, 0.5) is 0 Å². The van der Waals surface area contributed by atoms with Crippen LogP contribution in [-0.4, -0.2) is 49.7 Å². The number of piperidine rings is 1. The average Bonchev–Trinajstić information content (AvgIpc) is 2.71. The summed E-state index contributed by atoms with van der Waals surface area (Å²) in [7, 11) is -3.58. The van der Waals surface area contributed by atoms with Crippen molar-refractivity contribution in [3.63, 3.8) is 0 Å². The number of likely N-dealkylation sites (tertiary alicyclic amines) is 1. The Bertz CT molecular complexity index is 1050. The minimum Gasteiger partial charge on any atom is -0.492 e. The van der Waals surface area contributed by atoms with E-state index in [-0.39, 0.29) is 23.4 Å². The van der Waals surface area contributed by atoms with E-state index in [0.717, 1.165) is 12.8 Å². The predicted octanol–water partition coefficient (Wildman–Crippen LogP) is 1.56. The Morgan fingerprint density at radius 1 is 1.28 bits per heavy atom. The fourth-order valence-electron chi connectivity index (χ4n) is 3.80. The number of sulfonamides is 1. The maximum Gasteiger partial charge on any atom is 0.259 e. The van der Waals surface area contributed by atoms with Gasteiger partial charge in [-0.1, -0.05) is 12.1 Å². The van der Waals surface area contributed by atoms with Gasteiger partial charge < -0.3 is 15.4 Å². The molecule has 0 radical (unpaired) electrons. The molecule has 1 atom stereocenters. The first-order valence-electron chi connectivity index (χ1n) is 9.45. The molecule has 2 aliphatic heterocycles. The second-order valence-electron chi connectivity index (χ2n) is 7.31. The number of rotatable bonds is 4. The van der Waals surface area contributed by atoms with Gasteiger partial charge >= 0.3 is 0 Å². The summed E-state index contributed by atoms with van der Waals surface area (Å²) in [5.41, 5.74) is 7.60. The fraction of sp³-hybridized carbons (Fsp3) is 0.350. The van der Waals surface area contributed by atoms with Crippen molar-refractivity contribution >= 4 is 21.8 Å². The van der Waals surface area contributed by atoms with Crippen LogP contribution >= 0.6 is 0 Å². The molecule has 29 heavy (non-hydrogen) atoms. The first-order valence-corrected chi connectivity index (χ1v) is 11.1. The highest BCUT2D eigenvalue weighted by atomic mass is 32.2. The number of hydrogen-bond donors (Lipinski definition) is 1. The molecule has 2 N–H and O–H groups in total. The number of carbonyl (C=O) groups is 1. The van der Waals surface area contributed by atoms with Crippen LogP contribution in [0.25, 0.3) is 0 Å². The molecule has 0 bridgehead atoms. The van der Waals surface area contributed by atoms with Crippen LogP contribution in [0.15, 0.2) is 47.1 Å². The van der Waals surface area contributed by atoms with Gasteiger partial charge in [0.15, 0.2) is 0 Å². The second kappa shape index (κ2) is 7.82. The third-order valence-electron chi connectivity index (χ3n) is 5.13. The third kappa shape index (κ3) is 4.24. The smallest absolute Gasteiger partial charge is 0.259 e. The van der Waals surface area contributed by atoms with Gasteiger partial charge in [0.1, 0.15) is 11.6 Å². The quantitative estimate of drug-likeness (QED) is 0.812. The van der Waals surface area contributed by atoms with Crippen LogP contribution in [0, 0.1) is 5.92 Å². The van der Waals surface area contributed by atoms with E-state index in [2.05, 4.69) is 9.38 Å². The summed E-state index contributed by atoms with van der Waals surface area (Å²) < 4.78 is 33.2. The number of amidine groups is 1. The summed E-state index contributed by atoms with van der Waals surface area (Å²) >= 11 is 0. The molecule has 8 nitrogen and oxygen atoms in total. The van der Waals surface area contributed by atoms with E-state index >= 15 is 0 Å². The Morgan fingerprint density at radius 2 is 2.14 bits per heavy atom. The number of amides is 1. The minimum atomic E-state index is -3.58. The Morgan fingerprint density at radius 3 is 2.93 bits per heavy atom. The molecule has 1 aromatic heterocycles. The first kappa shape index (κ1) is 19.4. The minimum absolute atomic E-state index is 0.0264. The molecule has 9 heteroatoms. The van der Waals surface area contributed by atoms with Crippen molar-refractivity contribution in [3.05, 3.63) is 59.4 Å². The topological polar surface area (TPSA) is 115 Å². The van der Waals surface area contributed by atoms with Crippen LogP contribution in [0.3, 0.4) is 0 Å². The number of nitrogens with two attached hydrogens (primary N) is 1. The predicted molar refractivity (Wildman–Crippen MR) is 108 cm³/mol. The normalized spacial score (nSPS) is 20.5. The highest BCUT2D eigenvalue weighted by Gasteiger charge is 2.27. The number of fused-ring (bicyclic) bond motifs is 1. The maximum atomic E-state index is 12.7. The molecule has 4 rings (SSSR count). The summed E-state index contributed by atoms with van der Waals surface area (Å²) in [5, 5.41) is 0. The second-order valence-corrected chi connectivity index (χ2v) is 8.94. The Hall–Kier alpha value is -2.94. The molecule has 3 heterocycles. The van der Waals surface area contributed by atoms with Gasteiger partial charge in [-0.05, 0) is 36.6 Å². The molecule has 1 fully saturated rings. The van der Waals surface area contributed by atoms with Crippen molar-refractivity contribution in [3.8, 4) is 5.75 Å². The molecule has 0 saturated carbocycles. The number of nitrogens with zero attached hydrogens (tertiary/aromatic N) is 3. The molecule has 1 amide bonds. The van der Waals surface area contributed by atoms with E-state index in [1.165, 1.54) is 0 Å². The zero-order valence-corrected chi connectivity index (χ0v) is 16.6. The van der Waals surface area contributed by atoms with Crippen molar-refractivity contribution < 1.29 is 17.9 Å². The van der Waals surface area contributed by atoms with Gasteiger partial charge in [-0.15, -0.1) is 4.40 Å². The Balaban J connectivity index is 1.44. The number of ether oxygens (including phenoxy) is 1. The van der Waals surface area contributed by atoms with E-state index in [0.29, 0.717) is 42.1 Å². The van der Waals surface area contributed by atoms with Crippen LogP contribution in [-0.2, 0) is 15.8 Å². The first-order chi connectivity index (χ1) is 13.9. The van der Waals surface area contributed by atoms with E-state index in [4.69, 9.17) is 10.5 Å². The zero-order chi connectivity index (χ0) is 20.4. The van der Waals surface area contributed by atoms with E-state index < -0.39 is 10.0 Å². The van der Waals surface area contributed by atoms with Crippen molar-refractivity contribution in [1.82, 2.24) is 9.88 Å². The molecule has 1 aromatic carbocycles. The molecule has 0 unspecified atom stereocenters. The van der Waals surface area contributed by atoms with Gasteiger partial charge in [-0.3, -0.25) is 9.78 Å². The number of benzene rings is 1. The molecule has 2 aromatic rings. The summed E-state index contributed by atoms with van der Waals surface area (Å²) in [6.45, 7) is 1.72. The Kier molecular flexibility index (Phi) is 5.23. The van der Waals surface area contributed by atoms with Crippen LogP contribution in [0.1, 0.15) is 34.3 Å². The van der Waals surface area contributed by atoms with Crippen LogP contribution < -0.4 is 10.5 Å². The fourth-order valence-corrected chi connectivity index (χ4v) is 4.89. The lowest BCUT2D eigenvalue weighted by molar-refractivity contribution is 0.0633.